The zero-order valence-corrected chi connectivity index (χ0v) is 14.3. The van der Waals surface area contributed by atoms with Gasteiger partial charge in [0.15, 0.2) is 5.82 Å². The Balaban J connectivity index is 2.31. The van der Waals surface area contributed by atoms with Crippen molar-refractivity contribution in [1.82, 2.24) is 10.3 Å². The van der Waals surface area contributed by atoms with Gasteiger partial charge in [-0.1, -0.05) is 11.6 Å². The highest BCUT2D eigenvalue weighted by atomic mass is 35.5. The molecule has 1 aromatic rings. The van der Waals surface area contributed by atoms with Crippen molar-refractivity contribution in [2.24, 2.45) is 0 Å². The maximum absolute atomic E-state index is 6.15. The molecule has 2 rings (SSSR count). The van der Waals surface area contributed by atoms with Crippen LogP contribution in [0.25, 0.3) is 0 Å². The number of hydrogen-bond donors (Lipinski definition) is 2. The Morgan fingerprint density at radius 2 is 2.00 bits per heavy atom. The normalized spacial score (nSPS) is 16.8. The van der Waals surface area contributed by atoms with Crippen LogP contribution in [-0.2, 0) is 0 Å². The molecule has 0 spiro atoms. The van der Waals surface area contributed by atoms with Crippen molar-refractivity contribution >= 4 is 23.1 Å². The zero-order chi connectivity index (χ0) is 15.5. The fourth-order valence-electron chi connectivity index (χ4n) is 2.85. The lowest BCUT2D eigenvalue weighted by Gasteiger charge is -2.37. The van der Waals surface area contributed by atoms with Crippen LogP contribution in [0.4, 0.5) is 11.5 Å². The van der Waals surface area contributed by atoms with Crippen molar-refractivity contribution < 1.29 is 0 Å². The van der Waals surface area contributed by atoms with Crippen LogP contribution in [0.15, 0.2) is 12.1 Å². The fraction of sp³-hybridized carbons (Fsp3) is 0.688. The van der Waals surface area contributed by atoms with E-state index in [-0.39, 0.29) is 5.54 Å². The smallest absolute Gasteiger partial charge is 0.154 e. The molecule has 118 valence electrons. The lowest BCUT2D eigenvalue weighted by atomic mass is 10.0. The quantitative estimate of drug-likeness (QED) is 0.835. The molecule has 0 aliphatic carbocycles. The van der Waals surface area contributed by atoms with Gasteiger partial charge < -0.3 is 15.5 Å². The number of halogens is 1. The summed E-state index contributed by atoms with van der Waals surface area (Å²) >= 11 is 6.15. The molecule has 1 saturated heterocycles. The van der Waals surface area contributed by atoms with E-state index in [9.17, 15) is 0 Å². The average molecular weight is 311 g/mol. The van der Waals surface area contributed by atoms with Crippen LogP contribution in [0, 0.1) is 0 Å². The monoisotopic (exact) mass is 310 g/mol. The first-order valence-corrected chi connectivity index (χ1v) is 8.20. The summed E-state index contributed by atoms with van der Waals surface area (Å²) in [7, 11) is 0. The Bertz CT molecular complexity index is 464. The van der Waals surface area contributed by atoms with Crippen molar-refractivity contribution in [3.8, 4) is 0 Å². The number of aromatic nitrogens is 1. The lowest BCUT2D eigenvalue weighted by molar-refractivity contribution is 0.431. The summed E-state index contributed by atoms with van der Waals surface area (Å²) in [6.45, 7) is 11.8. The van der Waals surface area contributed by atoms with Crippen LogP contribution >= 0.6 is 11.6 Å². The molecule has 0 amide bonds. The molecule has 0 bridgehead atoms. The number of nitrogens with zero attached hydrogens (tertiary/aromatic N) is 2. The Labute approximate surface area is 133 Å². The number of hydrogen-bond acceptors (Lipinski definition) is 4. The first-order valence-electron chi connectivity index (χ1n) is 7.83. The molecule has 0 atom stereocenters. The minimum Gasteiger partial charge on any atom is -0.377 e. The molecule has 5 heteroatoms. The molecular formula is C16H27ClN4. The predicted molar refractivity (Wildman–Crippen MR) is 91.5 cm³/mol. The van der Waals surface area contributed by atoms with Gasteiger partial charge in [-0.05, 0) is 65.8 Å². The number of nitrogens with one attached hydrogen (secondary N) is 2. The van der Waals surface area contributed by atoms with Crippen LogP contribution in [0.2, 0.25) is 5.15 Å². The number of anilines is 2. The average Bonchev–Trinajstić information content (AvgIpc) is 2.42. The molecule has 0 saturated carbocycles. The van der Waals surface area contributed by atoms with E-state index in [1.165, 1.54) is 0 Å². The summed E-state index contributed by atoms with van der Waals surface area (Å²) in [6, 6.07) is 4.43. The molecule has 1 fully saturated rings. The molecule has 1 aliphatic rings. The third-order valence-electron chi connectivity index (χ3n) is 3.71. The van der Waals surface area contributed by atoms with Crippen molar-refractivity contribution in [2.45, 2.75) is 52.1 Å². The molecule has 1 aliphatic heterocycles. The highest BCUT2D eigenvalue weighted by Gasteiger charge is 2.24. The van der Waals surface area contributed by atoms with E-state index in [0.29, 0.717) is 11.2 Å². The Morgan fingerprint density at radius 1 is 1.33 bits per heavy atom. The molecule has 21 heavy (non-hydrogen) atoms. The Morgan fingerprint density at radius 3 is 2.57 bits per heavy atom. The van der Waals surface area contributed by atoms with E-state index in [2.05, 4.69) is 48.2 Å². The maximum atomic E-state index is 6.15. The zero-order valence-electron chi connectivity index (χ0n) is 13.5. The summed E-state index contributed by atoms with van der Waals surface area (Å²) in [5.41, 5.74) is 1.06. The van der Waals surface area contributed by atoms with Crippen LogP contribution in [-0.4, -0.2) is 36.2 Å². The minimum atomic E-state index is -0.00219. The second-order valence-electron chi connectivity index (χ2n) is 6.65. The van der Waals surface area contributed by atoms with Crippen LogP contribution in [0.1, 0.15) is 40.5 Å². The van der Waals surface area contributed by atoms with Gasteiger partial charge in [0.05, 0.1) is 5.69 Å². The van der Waals surface area contributed by atoms with E-state index >= 15 is 0 Å². The van der Waals surface area contributed by atoms with Gasteiger partial charge in [-0.15, -0.1) is 0 Å². The molecule has 1 aromatic heterocycles. The highest BCUT2D eigenvalue weighted by molar-refractivity contribution is 6.29. The second kappa shape index (κ2) is 6.84. The summed E-state index contributed by atoms with van der Waals surface area (Å²) in [4.78, 5) is 7.00. The number of pyridine rings is 1. The van der Waals surface area contributed by atoms with Crippen molar-refractivity contribution in [2.75, 3.05) is 29.9 Å². The first-order chi connectivity index (χ1) is 9.90. The third kappa shape index (κ3) is 4.48. The molecular weight excluding hydrogens is 284 g/mol. The SMILES string of the molecule is CCN(c1nc(Cl)ccc1NC(C)(C)C)C1CCNCC1. The van der Waals surface area contributed by atoms with Crippen LogP contribution in [0.3, 0.4) is 0 Å². The molecule has 4 nitrogen and oxygen atoms in total. The van der Waals surface area contributed by atoms with Crippen LogP contribution in [0.5, 0.6) is 0 Å². The van der Waals surface area contributed by atoms with E-state index in [0.717, 1.165) is 44.0 Å². The molecule has 0 unspecified atom stereocenters. The molecule has 2 heterocycles. The summed E-state index contributed by atoms with van der Waals surface area (Å²) in [6.07, 6.45) is 2.30. The largest absolute Gasteiger partial charge is 0.377 e. The van der Waals surface area contributed by atoms with E-state index < -0.39 is 0 Å². The minimum absolute atomic E-state index is 0.00219. The summed E-state index contributed by atoms with van der Waals surface area (Å²) < 4.78 is 0. The van der Waals surface area contributed by atoms with Crippen molar-refractivity contribution in [3.63, 3.8) is 0 Å². The Kier molecular flexibility index (Phi) is 5.33. The highest BCUT2D eigenvalue weighted by Crippen LogP contribution is 2.31. The van der Waals surface area contributed by atoms with Gasteiger partial charge >= 0.3 is 0 Å². The van der Waals surface area contributed by atoms with E-state index in [4.69, 9.17) is 11.6 Å². The lowest BCUT2D eigenvalue weighted by Crippen LogP contribution is -2.44. The van der Waals surface area contributed by atoms with Gasteiger partial charge in [-0.2, -0.15) is 0 Å². The third-order valence-corrected chi connectivity index (χ3v) is 3.92. The van der Waals surface area contributed by atoms with Crippen LogP contribution < -0.4 is 15.5 Å². The fourth-order valence-corrected chi connectivity index (χ4v) is 2.99. The predicted octanol–water partition coefficient (Wildman–Crippen LogP) is 3.52. The van der Waals surface area contributed by atoms with Gasteiger partial charge in [0, 0.05) is 18.1 Å². The number of piperidine rings is 1. The van der Waals surface area contributed by atoms with Gasteiger partial charge in [0.2, 0.25) is 0 Å². The maximum Gasteiger partial charge on any atom is 0.154 e. The molecule has 2 N–H and O–H groups in total. The van der Waals surface area contributed by atoms with Gasteiger partial charge in [0.1, 0.15) is 5.15 Å². The first kappa shape index (κ1) is 16.4. The van der Waals surface area contributed by atoms with Crippen molar-refractivity contribution in [3.05, 3.63) is 17.3 Å². The standard InChI is InChI=1S/C16H27ClN4/c1-5-21(12-8-10-18-11-9-12)15-13(20-16(2,3)4)6-7-14(17)19-15/h6-7,12,18,20H,5,8-11H2,1-4H3. The van der Waals surface area contributed by atoms with Gasteiger partial charge in [-0.3, -0.25) is 0 Å². The van der Waals surface area contributed by atoms with Crippen molar-refractivity contribution in [1.29, 1.82) is 0 Å². The van der Waals surface area contributed by atoms with E-state index in [1.807, 2.05) is 12.1 Å². The van der Waals surface area contributed by atoms with Gasteiger partial charge in [-0.25, -0.2) is 4.98 Å². The summed E-state index contributed by atoms with van der Waals surface area (Å²) in [5.74, 6) is 0.979. The topological polar surface area (TPSA) is 40.2 Å². The Hall–Kier alpha value is -1.00. The molecule has 0 radical (unpaired) electrons. The van der Waals surface area contributed by atoms with Gasteiger partial charge in [0.25, 0.3) is 0 Å². The second-order valence-corrected chi connectivity index (χ2v) is 7.03. The molecule has 0 aromatic carbocycles. The summed E-state index contributed by atoms with van der Waals surface area (Å²) in [5, 5.41) is 7.53. The van der Waals surface area contributed by atoms with E-state index in [1.54, 1.807) is 0 Å². The number of rotatable bonds is 4.